The third-order valence-electron chi connectivity index (χ3n) is 5.52. The van der Waals surface area contributed by atoms with Crippen molar-refractivity contribution in [2.45, 2.75) is 36.4 Å². The molecule has 3 rings (SSSR count). The summed E-state index contributed by atoms with van der Waals surface area (Å²) in [5, 5.41) is 1.70. The monoisotopic (exact) mass is 463 g/mol. The molecule has 0 radical (unpaired) electrons. The minimum absolute atomic E-state index is 0.00474. The van der Waals surface area contributed by atoms with Crippen LogP contribution in [-0.2, 0) is 14.8 Å². The maximum Gasteiger partial charge on any atom is 0.253 e. The molecule has 168 valence electrons. The molecule has 2 heterocycles. The number of amides is 2. The fraction of sp³-hybridized carbons (Fsp3) is 0.455. The van der Waals surface area contributed by atoms with Crippen molar-refractivity contribution in [3.8, 4) is 0 Å². The van der Waals surface area contributed by atoms with Gasteiger partial charge in [0.1, 0.15) is 4.21 Å². The van der Waals surface area contributed by atoms with E-state index in [0.717, 1.165) is 22.1 Å². The molecule has 0 spiro atoms. The molecule has 1 aliphatic heterocycles. The third-order valence-corrected chi connectivity index (χ3v) is 8.69. The van der Waals surface area contributed by atoms with E-state index in [2.05, 4.69) is 0 Å². The van der Waals surface area contributed by atoms with Gasteiger partial charge < -0.3 is 9.80 Å². The van der Waals surface area contributed by atoms with Crippen LogP contribution in [0.2, 0.25) is 0 Å². The molecule has 7 nitrogen and oxygen atoms in total. The zero-order chi connectivity index (χ0) is 22.4. The molecule has 2 amide bonds. The number of hydrogen-bond donors (Lipinski definition) is 0. The Morgan fingerprint density at radius 2 is 1.77 bits per heavy atom. The van der Waals surface area contributed by atoms with Crippen LogP contribution in [0.15, 0.2) is 52.1 Å². The molecule has 1 aromatic heterocycles. The molecule has 1 aliphatic rings. The fourth-order valence-electron chi connectivity index (χ4n) is 3.83. The lowest BCUT2D eigenvalue weighted by Crippen LogP contribution is -2.51. The van der Waals surface area contributed by atoms with Crippen LogP contribution in [0.3, 0.4) is 0 Å². The van der Waals surface area contributed by atoms with E-state index >= 15 is 0 Å². The first-order valence-corrected chi connectivity index (χ1v) is 12.8. The molecule has 0 atom stereocenters. The van der Waals surface area contributed by atoms with E-state index < -0.39 is 10.0 Å². The van der Waals surface area contributed by atoms with Gasteiger partial charge in [-0.05, 0) is 42.8 Å². The number of likely N-dealkylation sites (tertiary alicyclic amines) is 1. The summed E-state index contributed by atoms with van der Waals surface area (Å²) in [5.41, 5.74) is 0.669. The average Bonchev–Trinajstić information content (AvgIpc) is 3.33. The van der Waals surface area contributed by atoms with Crippen LogP contribution >= 0.6 is 11.3 Å². The average molecular weight is 464 g/mol. The van der Waals surface area contributed by atoms with Crippen LogP contribution in [0.5, 0.6) is 0 Å². The molecular formula is C22H29N3O4S2. The first-order valence-electron chi connectivity index (χ1n) is 10.5. The largest absolute Gasteiger partial charge is 0.338 e. The van der Waals surface area contributed by atoms with E-state index in [-0.39, 0.29) is 28.6 Å². The predicted octanol–water partition coefficient (Wildman–Crippen LogP) is 2.91. The third kappa shape index (κ3) is 5.53. The molecule has 31 heavy (non-hydrogen) atoms. The Balaban J connectivity index is 1.62. The van der Waals surface area contributed by atoms with E-state index in [1.54, 1.807) is 22.4 Å². The zero-order valence-electron chi connectivity index (χ0n) is 17.9. The van der Waals surface area contributed by atoms with Gasteiger partial charge in [-0.2, -0.15) is 4.31 Å². The van der Waals surface area contributed by atoms with Crippen molar-refractivity contribution in [2.24, 2.45) is 0 Å². The zero-order valence-corrected chi connectivity index (χ0v) is 19.6. The summed E-state index contributed by atoms with van der Waals surface area (Å²) in [4.78, 5) is 29.3. The SMILES string of the molecule is CCCN(C(=O)CN(C)S(=O)(=O)c1cccs1)C1CCN(C(=O)c2ccccc2)CC1. The highest BCUT2D eigenvalue weighted by atomic mass is 32.2. The standard InChI is InChI=1S/C22H29N3O4S2/c1-3-13-25(20(26)17-23(2)31(28,29)21-10-7-16-30-21)19-11-14-24(15-12-19)22(27)18-8-5-4-6-9-18/h4-10,16,19H,3,11-15,17H2,1-2H3. The molecule has 0 N–H and O–H groups in total. The van der Waals surface area contributed by atoms with Crippen molar-refractivity contribution in [3.63, 3.8) is 0 Å². The number of carbonyl (C=O) groups excluding carboxylic acids is 2. The molecule has 1 saturated heterocycles. The second-order valence-electron chi connectivity index (χ2n) is 7.67. The highest BCUT2D eigenvalue weighted by Crippen LogP contribution is 2.22. The summed E-state index contributed by atoms with van der Waals surface area (Å²) < 4.78 is 26.7. The van der Waals surface area contributed by atoms with Gasteiger partial charge in [0.05, 0.1) is 6.54 Å². The molecular weight excluding hydrogens is 434 g/mol. The van der Waals surface area contributed by atoms with Crippen LogP contribution in [-0.4, -0.2) is 73.6 Å². The van der Waals surface area contributed by atoms with Crippen LogP contribution in [0, 0.1) is 0 Å². The number of carbonyl (C=O) groups is 2. The number of benzene rings is 1. The molecule has 2 aromatic rings. The van der Waals surface area contributed by atoms with E-state index in [0.29, 0.717) is 38.0 Å². The van der Waals surface area contributed by atoms with Crippen LogP contribution in [0.25, 0.3) is 0 Å². The number of hydrogen-bond acceptors (Lipinski definition) is 5. The van der Waals surface area contributed by atoms with Crippen molar-refractivity contribution in [3.05, 3.63) is 53.4 Å². The smallest absolute Gasteiger partial charge is 0.253 e. The number of nitrogens with zero attached hydrogens (tertiary/aromatic N) is 3. The van der Waals surface area contributed by atoms with Gasteiger partial charge in [0.25, 0.3) is 15.9 Å². The second kappa shape index (κ2) is 10.4. The normalized spacial score (nSPS) is 15.3. The summed E-state index contributed by atoms with van der Waals surface area (Å²) in [7, 11) is -2.23. The van der Waals surface area contributed by atoms with Gasteiger partial charge in [0, 0.05) is 38.3 Å². The van der Waals surface area contributed by atoms with E-state index in [1.807, 2.05) is 42.2 Å². The molecule has 9 heteroatoms. The van der Waals surface area contributed by atoms with Gasteiger partial charge in [0.2, 0.25) is 5.91 Å². The first kappa shape index (κ1) is 23.4. The molecule has 0 bridgehead atoms. The maximum atomic E-state index is 13.0. The van der Waals surface area contributed by atoms with Gasteiger partial charge >= 0.3 is 0 Å². The van der Waals surface area contributed by atoms with E-state index in [9.17, 15) is 18.0 Å². The number of sulfonamides is 1. The van der Waals surface area contributed by atoms with Crippen LogP contribution < -0.4 is 0 Å². The summed E-state index contributed by atoms with van der Waals surface area (Å²) in [6, 6.07) is 12.4. The molecule has 0 aliphatic carbocycles. The number of likely N-dealkylation sites (N-methyl/N-ethyl adjacent to an activating group) is 1. The number of piperidine rings is 1. The summed E-state index contributed by atoms with van der Waals surface area (Å²) in [5.74, 6) is -0.188. The van der Waals surface area contributed by atoms with E-state index in [4.69, 9.17) is 0 Å². The Labute approximate surface area is 188 Å². The van der Waals surface area contributed by atoms with E-state index in [1.165, 1.54) is 7.05 Å². The van der Waals surface area contributed by atoms with Gasteiger partial charge in [-0.25, -0.2) is 8.42 Å². The topological polar surface area (TPSA) is 78.0 Å². The summed E-state index contributed by atoms with van der Waals surface area (Å²) in [6.45, 7) is 3.54. The van der Waals surface area contributed by atoms with Gasteiger partial charge in [-0.15, -0.1) is 11.3 Å². The van der Waals surface area contributed by atoms with Crippen LogP contribution in [0.1, 0.15) is 36.5 Å². The predicted molar refractivity (Wildman–Crippen MR) is 122 cm³/mol. The molecule has 1 aromatic carbocycles. The molecule has 0 saturated carbocycles. The van der Waals surface area contributed by atoms with Crippen molar-refractivity contribution in [2.75, 3.05) is 33.2 Å². The minimum Gasteiger partial charge on any atom is -0.338 e. The van der Waals surface area contributed by atoms with Gasteiger partial charge in [0.15, 0.2) is 0 Å². The Hall–Kier alpha value is -2.23. The van der Waals surface area contributed by atoms with Crippen molar-refractivity contribution in [1.82, 2.24) is 14.1 Å². The Bertz CT molecular complexity index is 969. The Kier molecular flexibility index (Phi) is 7.85. The maximum absolute atomic E-state index is 13.0. The van der Waals surface area contributed by atoms with Crippen molar-refractivity contribution >= 4 is 33.2 Å². The van der Waals surface area contributed by atoms with Crippen molar-refractivity contribution < 1.29 is 18.0 Å². The first-order chi connectivity index (χ1) is 14.8. The Morgan fingerprint density at radius 1 is 1.10 bits per heavy atom. The lowest BCUT2D eigenvalue weighted by Gasteiger charge is -2.39. The molecule has 0 unspecified atom stereocenters. The summed E-state index contributed by atoms with van der Waals surface area (Å²) in [6.07, 6.45) is 2.16. The van der Waals surface area contributed by atoms with Gasteiger partial charge in [-0.3, -0.25) is 9.59 Å². The highest BCUT2D eigenvalue weighted by molar-refractivity contribution is 7.91. The van der Waals surface area contributed by atoms with Crippen molar-refractivity contribution in [1.29, 1.82) is 0 Å². The Morgan fingerprint density at radius 3 is 2.35 bits per heavy atom. The second-order valence-corrected chi connectivity index (χ2v) is 10.9. The quantitative estimate of drug-likeness (QED) is 0.603. The highest BCUT2D eigenvalue weighted by Gasteiger charge is 2.32. The summed E-state index contributed by atoms with van der Waals surface area (Å²) >= 11 is 1.14. The number of rotatable bonds is 8. The number of thiophene rings is 1. The minimum atomic E-state index is -3.67. The molecule has 1 fully saturated rings. The lowest BCUT2D eigenvalue weighted by molar-refractivity contribution is -0.134. The lowest BCUT2D eigenvalue weighted by atomic mass is 10.0. The fourth-order valence-corrected chi connectivity index (χ4v) is 6.15. The van der Waals surface area contributed by atoms with Crippen LogP contribution in [0.4, 0.5) is 0 Å². The van der Waals surface area contributed by atoms with Gasteiger partial charge in [-0.1, -0.05) is 31.2 Å².